The van der Waals surface area contributed by atoms with Gasteiger partial charge in [0.1, 0.15) is 11.5 Å². The number of carbonyl (C=O) groups excluding carboxylic acids is 2. The summed E-state index contributed by atoms with van der Waals surface area (Å²) in [5.41, 5.74) is 7.01. The van der Waals surface area contributed by atoms with Gasteiger partial charge in [-0.2, -0.15) is 0 Å². The van der Waals surface area contributed by atoms with E-state index in [2.05, 4.69) is 49.3 Å². The zero-order valence-electron chi connectivity index (χ0n) is 21.7. The highest BCUT2D eigenvalue weighted by Gasteiger charge is 2.24. The van der Waals surface area contributed by atoms with E-state index in [9.17, 15) is 9.59 Å². The van der Waals surface area contributed by atoms with Crippen molar-refractivity contribution >= 4 is 34.4 Å². The van der Waals surface area contributed by atoms with Crippen LogP contribution in [0.4, 0.5) is 5.69 Å². The van der Waals surface area contributed by atoms with Crippen molar-refractivity contribution in [2.75, 3.05) is 19.5 Å². The normalized spacial score (nSPS) is 13.2. The molecule has 1 amide bonds. The molecular weight excluding hydrogens is 464 g/mol. The number of nitrogens with one attached hydrogen (secondary N) is 2. The second-order valence-electron chi connectivity index (χ2n) is 10.3. The van der Waals surface area contributed by atoms with Gasteiger partial charge in [-0.3, -0.25) is 9.59 Å². The molecule has 37 heavy (non-hydrogen) atoms. The highest BCUT2D eigenvalue weighted by molar-refractivity contribution is 6.09. The van der Waals surface area contributed by atoms with Gasteiger partial charge in [0.2, 0.25) is 5.91 Å². The summed E-state index contributed by atoms with van der Waals surface area (Å²) >= 11 is 0. The summed E-state index contributed by atoms with van der Waals surface area (Å²) in [6.45, 7) is 6.55. The number of ether oxygens (including phenoxy) is 2. The third kappa shape index (κ3) is 4.62. The van der Waals surface area contributed by atoms with Crippen molar-refractivity contribution in [1.29, 1.82) is 0 Å². The van der Waals surface area contributed by atoms with Crippen LogP contribution in [-0.2, 0) is 16.6 Å². The van der Waals surface area contributed by atoms with Gasteiger partial charge in [0.15, 0.2) is 5.78 Å². The van der Waals surface area contributed by atoms with E-state index in [4.69, 9.17) is 9.47 Å². The van der Waals surface area contributed by atoms with Crippen LogP contribution >= 0.6 is 0 Å². The number of benzene rings is 3. The van der Waals surface area contributed by atoms with Gasteiger partial charge in [-0.1, -0.05) is 39.0 Å². The zero-order valence-corrected chi connectivity index (χ0v) is 21.7. The molecule has 1 aliphatic rings. The molecule has 1 aliphatic heterocycles. The standard InChI is InChI=1S/C31H30N2O4/c1-31(2,3)19-8-11-25-21(15-19)22-17-29(35)32-26-10-6-18(14-23(26)30(22)33-25)7-12-27(34)24-16-20(36-4)9-13-28(24)37-5/h6-16,33H,17H2,1-5H3,(H,32,35)/b12-7+. The van der Waals surface area contributed by atoms with Crippen LogP contribution in [0, 0.1) is 0 Å². The number of hydrogen-bond acceptors (Lipinski definition) is 4. The molecule has 0 fully saturated rings. The van der Waals surface area contributed by atoms with Crippen molar-refractivity contribution in [3.63, 3.8) is 0 Å². The molecule has 1 aromatic heterocycles. The second-order valence-corrected chi connectivity index (χ2v) is 10.3. The molecule has 0 spiro atoms. The molecule has 0 radical (unpaired) electrons. The van der Waals surface area contributed by atoms with Crippen molar-refractivity contribution in [3.8, 4) is 22.8 Å². The quantitative estimate of drug-likeness (QED) is 0.244. The van der Waals surface area contributed by atoms with Crippen molar-refractivity contribution in [2.45, 2.75) is 32.6 Å². The van der Waals surface area contributed by atoms with Crippen LogP contribution in [0.25, 0.3) is 28.2 Å². The fraction of sp³-hybridized carbons (Fsp3) is 0.226. The zero-order chi connectivity index (χ0) is 26.3. The first-order valence-electron chi connectivity index (χ1n) is 12.2. The van der Waals surface area contributed by atoms with E-state index in [-0.39, 0.29) is 23.5 Å². The van der Waals surface area contributed by atoms with Crippen molar-refractivity contribution in [3.05, 3.63) is 82.9 Å². The Hall–Kier alpha value is -4.32. The number of carbonyl (C=O) groups is 2. The topological polar surface area (TPSA) is 80.4 Å². The van der Waals surface area contributed by atoms with E-state index in [0.717, 1.165) is 39.0 Å². The van der Waals surface area contributed by atoms with Crippen molar-refractivity contribution < 1.29 is 19.1 Å². The number of anilines is 1. The maximum atomic E-state index is 13.0. The van der Waals surface area contributed by atoms with E-state index in [0.29, 0.717) is 17.1 Å². The molecule has 5 rings (SSSR count). The number of methoxy groups -OCH3 is 2. The third-order valence-electron chi connectivity index (χ3n) is 6.80. The van der Waals surface area contributed by atoms with Crippen molar-refractivity contribution in [2.24, 2.45) is 0 Å². The summed E-state index contributed by atoms with van der Waals surface area (Å²) in [5.74, 6) is 0.822. The number of aromatic amines is 1. The molecule has 2 heterocycles. The van der Waals surface area contributed by atoms with Gasteiger partial charge < -0.3 is 19.8 Å². The average molecular weight is 495 g/mol. The molecule has 2 N–H and O–H groups in total. The maximum absolute atomic E-state index is 13.0. The van der Waals surface area contributed by atoms with E-state index in [1.165, 1.54) is 18.7 Å². The number of ketones is 1. The van der Waals surface area contributed by atoms with E-state index in [1.807, 2.05) is 18.2 Å². The number of fused-ring (bicyclic) bond motifs is 5. The molecule has 3 aromatic carbocycles. The van der Waals surface area contributed by atoms with Gasteiger partial charge in [0.05, 0.1) is 37.6 Å². The number of rotatable bonds is 5. The Labute approximate surface area is 216 Å². The van der Waals surface area contributed by atoms with Crippen LogP contribution in [0.15, 0.2) is 60.7 Å². The minimum absolute atomic E-state index is 0.000801. The van der Waals surface area contributed by atoms with E-state index in [1.54, 1.807) is 31.4 Å². The average Bonchev–Trinajstić information content (AvgIpc) is 3.17. The molecular formula is C31H30N2O4. The first-order chi connectivity index (χ1) is 17.7. The maximum Gasteiger partial charge on any atom is 0.228 e. The van der Waals surface area contributed by atoms with Gasteiger partial charge in [-0.05, 0) is 70.6 Å². The predicted molar refractivity (Wildman–Crippen MR) is 148 cm³/mol. The van der Waals surface area contributed by atoms with Gasteiger partial charge in [-0.15, -0.1) is 0 Å². The molecule has 0 unspecified atom stereocenters. The van der Waals surface area contributed by atoms with Crippen LogP contribution < -0.4 is 14.8 Å². The second kappa shape index (κ2) is 9.28. The number of hydrogen-bond donors (Lipinski definition) is 2. The molecule has 0 saturated heterocycles. The van der Waals surface area contributed by atoms with Crippen molar-refractivity contribution in [1.82, 2.24) is 4.98 Å². The number of aromatic nitrogens is 1. The highest BCUT2D eigenvalue weighted by Crippen LogP contribution is 2.39. The van der Waals surface area contributed by atoms with Gasteiger partial charge in [0.25, 0.3) is 0 Å². The minimum Gasteiger partial charge on any atom is -0.497 e. The Kier molecular flexibility index (Phi) is 6.12. The SMILES string of the molecule is COc1ccc(OC)c(C(=O)/C=C/c2ccc3c(c2)-c2[nH]c4ccc(C(C)(C)C)cc4c2CC(=O)N3)c1. The Morgan fingerprint density at radius 2 is 1.78 bits per heavy atom. The predicted octanol–water partition coefficient (Wildman–Crippen LogP) is 6.54. The Morgan fingerprint density at radius 3 is 2.51 bits per heavy atom. The summed E-state index contributed by atoms with van der Waals surface area (Å²) in [7, 11) is 3.09. The third-order valence-corrected chi connectivity index (χ3v) is 6.80. The van der Waals surface area contributed by atoms with Gasteiger partial charge >= 0.3 is 0 Å². The number of H-pyrrole nitrogens is 1. The first kappa shape index (κ1) is 24.4. The van der Waals surface area contributed by atoms with Gasteiger partial charge in [0, 0.05) is 16.5 Å². The van der Waals surface area contributed by atoms with E-state index >= 15 is 0 Å². The van der Waals surface area contributed by atoms with Crippen LogP contribution in [0.5, 0.6) is 11.5 Å². The lowest BCUT2D eigenvalue weighted by Gasteiger charge is -2.19. The fourth-order valence-electron chi connectivity index (χ4n) is 4.73. The van der Waals surface area contributed by atoms with Crippen LogP contribution in [0.3, 0.4) is 0 Å². The molecule has 4 aromatic rings. The lowest BCUT2D eigenvalue weighted by Crippen LogP contribution is -2.13. The lowest BCUT2D eigenvalue weighted by atomic mass is 9.86. The fourth-order valence-corrected chi connectivity index (χ4v) is 4.73. The summed E-state index contributed by atoms with van der Waals surface area (Å²) in [5, 5.41) is 4.09. The molecule has 0 saturated carbocycles. The Balaban J connectivity index is 1.55. The summed E-state index contributed by atoms with van der Waals surface area (Å²) in [6.07, 6.45) is 3.58. The van der Waals surface area contributed by atoms with Crippen LogP contribution in [0.1, 0.15) is 47.8 Å². The Morgan fingerprint density at radius 1 is 0.973 bits per heavy atom. The van der Waals surface area contributed by atoms with E-state index < -0.39 is 0 Å². The number of amides is 1. The largest absolute Gasteiger partial charge is 0.497 e. The monoisotopic (exact) mass is 494 g/mol. The van der Waals surface area contributed by atoms with Crippen LogP contribution in [0.2, 0.25) is 0 Å². The highest BCUT2D eigenvalue weighted by atomic mass is 16.5. The minimum atomic E-state index is -0.194. The molecule has 0 bridgehead atoms. The summed E-state index contributed by atoms with van der Waals surface area (Å²) in [6, 6.07) is 17.3. The molecule has 6 heteroatoms. The molecule has 0 atom stereocenters. The lowest BCUT2D eigenvalue weighted by molar-refractivity contribution is -0.115. The molecule has 6 nitrogen and oxygen atoms in total. The number of allylic oxidation sites excluding steroid dienone is 1. The van der Waals surface area contributed by atoms with Crippen LogP contribution in [-0.4, -0.2) is 30.9 Å². The summed E-state index contributed by atoms with van der Waals surface area (Å²) in [4.78, 5) is 29.3. The van der Waals surface area contributed by atoms with Gasteiger partial charge in [-0.25, -0.2) is 0 Å². The summed E-state index contributed by atoms with van der Waals surface area (Å²) < 4.78 is 10.6. The molecule has 0 aliphatic carbocycles. The Bertz CT molecular complexity index is 1570. The first-order valence-corrected chi connectivity index (χ1v) is 12.2. The smallest absolute Gasteiger partial charge is 0.228 e. The molecule has 188 valence electrons.